The number of nitrogens with zero attached hydrogens (tertiary/aromatic N) is 6. The van der Waals surface area contributed by atoms with Crippen molar-refractivity contribution in [2.45, 2.75) is 25.9 Å². The number of amides is 1. The van der Waals surface area contributed by atoms with Crippen LogP contribution in [0.15, 0.2) is 37.1 Å². The van der Waals surface area contributed by atoms with Gasteiger partial charge in [0.25, 0.3) is 0 Å². The van der Waals surface area contributed by atoms with E-state index in [-0.39, 0.29) is 34.1 Å². The molecule has 2 saturated heterocycles. The predicted molar refractivity (Wildman–Crippen MR) is 148 cm³/mol. The Kier molecular flexibility index (Phi) is 5.96. The molecule has 2 aliphatic heterocycles. The number of aromatic nitrogens is 4. The Labute approximate surface area is 224 Å². The van der Waals surface area contributed by atoms with Gasteiger partial charge in [0.2, 0.25) is 11.9 Å². The number of hydrogen-bond donors (Lipinski definition) is 2. The topological polar surface area (TPSA) is 107 Å². The number of carbonyl (C=O) groups excluding carboxylic acids is 1. The highest BCUT2D eigenvalue weighted by atomic mass is 35.5. The first-order valence-electron chi connectivity index (χ1n) is 12.6. The summed E-state index contributed by atoms with van der Waals surface area (Å²) in [4.78, 5) is 27.6. The Morgan fingerprint density at radius 3 is 2.71 bits per heavy atom. The molecule has 2 fully saturated rings. The molecule has 9 nitrogen and oxygen atoms in total. The molecule has 2 aromatic carbocycles. The van der Waals surface area contributed by atoms with Crippen LogP contribution in [0.1, 0.15) is 12.5 Å². The number of hydrogen-bond acceptors (Lipinski definition) is 7. The zero-order chi connectivity index (χ0) is 26.7. The molecule has 2 aliphatic rings. The van der Waals surface area contributed by atoms with E-state index in [0.29, 0.717) is 61.0 Å². The van der Waals surface area contributed by atoms with E-state index in [0.717, 1.165) is 10.9 Å². The first-order chi connectivity index (χ1) is 18.3. The summed E-state index contributed by atoms with van der Waals surface area (Å²) in [6, 6.07) is 5.56. The second-order valence-electron chi connectivity index (χ2n) is 10.1. The van der Waals surface area contributed by atoms with Gasteiger partial charge >= 0.3 is 0 Å². The molecule has 0 aliphatic carbocycles. The van der Waals surface area contributed by atoms with Crippen molar-refractivity contribution in [3.8, 4) is 11.1 Å². The fourth-order valence-electron chi connectivity index (χ4n) is 5.49. The van der Waals surface area contributed by atoms with Crippen molar-refractivity contribution in [1.29, 1.82) is 0 Å². The van der Waals surface area contributed by atoms with Crippen LogP contribution in [-0.2, 0) is 4.79 Å². The maximum atomic E-state index is 16.6. The molecule has 0 spiro atoms. The van der Waals surface area contributed by atoms with Gasteiger partial charge in [0.15, 0.2) is 5.82 Å². The molecular weight excluding hydrogens is 507 g/mol. The fourth-order valence-corrected chi connectivity index (χ4v) is 5.78. The fraction of sp³-hybridized carbons (Fsp3) is 0.333. The van der Waals surface area contributed by atoms with Crippen molar-refractivity contribution in [2.24, 2.45) is 5.73 Å². The van der Waals surface area contributed by atoms with Gasteiger partial charge in [0.1, 0.15) is 11.3 Å². The standard InChI is InChI=1S/C27H28ClFN8O/c1-4-20(38)37-8-7-35(11-15(37)3)26-18-9-19(28)22(21-14(2)5-6-16-10-31-34-24(16)21)23(29)25(18)32-27(33-26)36-12-17(30)13-36/h4-6,9-10,15,17H,1,7-8,11-13,30H2,2-3H3,(H,31,34). The number of nitrogens with two attached hydrogens (primary N) is 1. The van der Waals surface area contributed by atoms with E-state index in [1.54, 1.807) is 17.2 Å². The van der Waals surface area contributed by atoms with Crippen molar-refractivity contribution in [3.63, 3.8) is 0 Å². The molecule has 1 amide bonds. The van der Waals surface area contributed by atoms with Crippen molar-refractivity contribution in [1.82, 2.24) is 25.1 Å². The molecule has 1 unspecified atom stereocenters. The minimum atomic E-state index is -0.513. The number of anilines is 2. The summed E-state index contributed by atoms with van der Waals surface area (Å²) in [6.07, 6.45) is 3.03. The lowest BCUT2D eigenvalue weighted by molar-refractivity contribution is -0.128. The van der Waals surface area contributed by atoms with Crippen LogP contribution in [0.5, 0.6) is 0 Å². The van der Waals surface area contributed by atoms with E-state index in [4.69, 9.17) is 22.3 Å². The van der Waals surface area contributed by atoms with Crippen molar-refractivity contribution in [2.75, 3.05) is 42.5 Å². The highest BCUT2D eigenvalue weighted by Crippen LogP contribution is 2.42. The molecule has 0 bridgehead atoms. The van der Waals surface area contributed by atoms with Gasteiger partial charge < -0.3 is 20.4 Å². The largest absolute Gasteiger partial charge is 0.352 e. The zero-order valence-electron chi connectivity index (χ0n) is 21.2. The van der Waals surface area contributed by atoms with Crippen LogP contribution >= 0.6 is 11.6 Å². The number of nitrogens with one attached hydrogen (secondary N) is 1. The first-order valence-corrected chi connectivity index (χ1v) is 13.0. The van der Waals surface area contributed by atoms with Crippen LogP contribution in [0.4, 0.5) is 16.2 Å². The van der Waals surface area contributed by atoms with Gasteiger partial charge in [-0.3, -0.25) is 9.89 Å². The number of rotatable bonds is 4. The molecule has 3 N–H and O–H groups in total. The van der Waals surface area contributed by atoms with Gasteiger partial charge in [-0.15, -0.1) is 0 Å². The Balaban J connectivity index is 1.53. The van der Waals surface area contributed by atoms with Crippen molar-refractivity contribution in [3.05, 3.63) is 53.5 Å². The van der Waals surface area contributed by atoms with Crippen molar-refractivity contribution >= 4 is 51.1 Å². The zero-order valence-corrected chi connectivity index (χ0v) is 22.0. The smallest absolute Gasteiger partial charge is 0.246 e. The number of aryl methyl sites for hydroxylation is 1. The number of fused-ring (bicyclic) bond motifs is 2. The van der Waals surface area contributed by atoms with Gasteiger partial charge in [0, 0.05) is 66.7 Å². The summed E-state index contributed by atoms with van der Waals surface area (Å²) in [6.45, 7) is 10.2. The van der Waals surface area contributed by atoms with Gasteiger partial charge in [0.05, 0.1) is 16.7 Å². The molecule has 2 aromatic heterocycles. The van der Waals surface area contributed by atoms with Crippen LogP contribution in [0.2, 0.25) is 5.02 Å². The summed E-state index contributed by atoms with van der Waals surface area (Å²) >= 11 is 6.83. The molecular formula is C27H28ClFN8O. The molecule has 4 heterocycles. The summed E-state index contributed by atoms with van der Waals surface area (Å²) in [5.74, 6) is 0.393. The predicted octanol–water partition coefficient (Wildman–Crippen LogP) is 3.64. The van der Waals surface area contributed by atoms with Crippen LogP contribution in [0.3, 0.4) is 0 Å². The second kappa shape index (κ2) is 9.21. The Bertz CT molecular complexity index is 1600. The molecule has 38 heavy (non-hydrogen) atoms. The van der Waals surface area contributed by atoms with Gasteiger partial charge in [-0.1, -0.05) is 30.3 Å². The molecule has 0 saturated carbocycles. The Hall–Kier alpha value is -3.76. The second-order valence-corrected chi connectivity index (χ2v) is 10.5. The first kappa shape index (κ1) is 24.6. The van der Waals surface area contributed by atoms with Crippen LogP contribution < -0.4 is 15.5 Å². The highest BCUT2D eigenvalue weighted by molar-refractivity contribution is 6.35. The molecule has 11 heteroatoms. The minimum Gasteiger partial charge on any atom is -0.352 e. The average Bonchev–Trinajstić information content (AvgIpc) is 3.36. The monoisotopic (exact) mass is 534 g/mol. The number of H-pyrrole nitrogens is 1. The molecule has 1 atom stereocenters. The summed E-state index contributed by atoms with van der Waals surface area (Å²) in [5, 5.41) is 8.78. The van der Waals surface area contributed by atoms with E-state index >= 15 is 4.39 Å². The normalized spacial score (nSPS) is 18.3. The van der Waals surface area contributed by atoms with Gasteiger partial charge in [-0.05, 0) is 31.6 Å². The minimum absolute atomic E-state index is 0.0254. The number of piperazine rings is 1. The summed E-state index contributed by atoms with van der Waals surface area (Å²) in [7, 11) is 0. The lowest BCUT2D eigenvalue weighted by Gasteiger charge is -2.41. The number of carbonyl (C=O) groups is 1. The maximum absolute atomic E-state index is 16.6. The van der Waals surface area contributed by atoms with E-state index < -0.39 is 5.82 Å². The number of aromatic amines is 1. The molecule has 0 radical (unpaired) electrons. The highest BCUT2D eigenvalue weighted by Gasteiger charge is 2.32. The number of halogens is 2. The third-order valence-electron chi connectivity index (χ3n) is 7.50. The van der Waals surface area contributed by atoms with E-state index in [9.17, 15) is 4.79 Å². The quantitative estimate of drug-likeness (QED) is 0.385. The Morgan fingerprint density at radius 1 is 1.21 bits per heavy atom. The molecule has 4 aromatic rings. The number of benzene rings is 2. The van der Waals surface area contributed by atoms with Crippen LogP contribution in [0.25, 0.3) is 32.9 Å². The van der Waals surface area contributed by atoms with E-state index in [1.165, 1.54) is 6.08 Å². The van der Waals surface area contributed by atoms with E-state index in [1.807, 2.05) is 30.9 Å². The maximum Gasteiger partial charge on any atom is 0.246 e. The lowest BCUT2D eigenvalue weighted by Crippen LogP contribution is -2.56. The van der Waals surface area contributed by atoms with Gasteiger partial charge in [-0.25, -0.2) is 9.37 Å². The lowest BCUT2D eigenvalue weighted by atomic mass is 9.96. The van der Waals surface area contributed by atoms with Crippen LogP contribution in [-0.4, -0.2) is 75.8 Å². The van der Waals surface area contributed by atoms with Crippen molar-refractivity contribution < 1.29 is 9.18 Å². The van der Waals surface area contributed by atoms with Gasteiger partial charge in [-0.2, -0.15) is 10.1 Å². The molecule has 196 valence electrons. The molecule has 6 rings (SSSR count). The summed E-state index contributed by atoms with van der Waals surface area (Å²) in [5.41, 5.74) is 8.73. The third kappa shape index (κ3) is 3.86. The third-order valence-corrected chi connectivity index (χ3v) is 7.80. The van der Waals surface area contributed by atoms with E-state index in [2.05, 4.69) is 26.7 Å². The summed E-state index contributed by atoms with van der Waals surface area (Å²) < 4.78 is 16.6. The SMILES string of the molecule is C=CC(=O)N1CCN(c2nc(N3CC(N)C3)nc3c(F)c(-c4c(C)ccc5cn[nH]c45)c(Cl)cc23)CC1C. The average molecular weight is 535 g/mol. The Morgan fingerprint density at radius 2 is 2.00 bits per heavy atom. The van der Waals surface area contributed by atoms with Crippen LogP contribution in [0, 0.1) is 12.7 Å².